The Hall–Kier alpha value is -1.86. The molecule has 2 N–H and O–H groups in total. The molecule has 2 aromatic carbocycles. The fraction of sp³-hybridized carbons (Fsp3) is 0.0714. The number of benzene rings is 2. The Labute approximate surface area is 130 Å². The minimum Gasteiger partial charge on any atom is -0.478 e. The number of hydrogen-bond donors (Lipinski definition) is 2. The number of nitrogens with one attached hydrogen (secondary N) is 1. The molecule has 0 fully saturated rings. The SMILES string of the molecule is Cc1ccc(S(=O)(=O)Nc2cc(C(=O)O)ccc2Br)cc1. The molecule has 0 radical (unpaired) electrons. The van der Waals surface area contributed by atoms with Gasteiger partial charge in [0.15, 0.2) is 0 Å². The van der Waals surface area contributed by atoms with Crippen molar-refractivity contribution < 1.29 is 18.3 Å². The predicted molar refractivity (Wildman–Crippen MR) is 83.1 cm³/mol. The normalized spacial score (nSPS) is 11.1. The maximum atomic E-state index is 12.3. The van der Waals surface area contributed by atoms with Gasteiger partial charge in [-0.05, 0) is 53.2 Å². The van der Waals surface area contributed by atoms with Gasteiger partial charge in [-0.3, -0.25) is 4.72 Å². The largest absolute Gasteiger partial charge is 0.478 e. The van der Waals surface area contributed by atoms with Crippen molar-refractivity contribution >= 4 is 37.6 Å². The molecule has 2 aromatic rings. The van der Waals surface area contributed by atoms with Gasteiger partial charge in [0.1, 0.15) is 0 Å². The molecule has 7 heteroatoms. The van der Waals surface area contributed by atoms with E-state index in [2.05, 4.69) is 20.7 Å². The zero-order valence-corrected chi connectivity index (χ0v) is 13.4. The van der Waals surface area contributed by atoms with Crippen LogP contribution in [0.25, 0.3) is 0 Å². The monoisotopic (exact) mass is 369 g/mol. The summed E-state index contributed by atoms with van der Waals surface area (Å²) in [5.74, 6) is -1.13. The molecule has 0 amide bonds. The smallest absolute Gasteiger partial charge is 0.335 e. The van der Waals surface area contributed by atoms with Gasteiger partial charge in [-0.1, -0.05) is 17.7 Å². The average molecular weight is 370 g/mol. The van der Waals surface area contributed by atoms with Gasteiger partial charge in [-0.15, -0.1) is 0 Å². The fourth-order valence-corrected chi connectivity index (χ4v) is 3.21. The van der Waals surface area contributed by atoms with E-state index in [9.17, 15) is 13.2 Å². The van der Waals surface area contributed by atoms with Crippen LogP contribution in [0.15, 0.2) is 51.8 Å². The van der Waals surface area contributed by atoms with Crippen molar-refractivity contribution in [3.8, 4) is 0 Å². The van der Waals surface area contributed by atoms with Crippen molar-refractivity contribution in [1.29, 1.82) is 0 Å². The van der Waals surface area contributed by atoms with Crippen LogP contribution in [0.1, 0.15) is 15.9 Å². The summed E-state index contributed by atoms with van der Waals surface area (Å²) in [7, 11) is -3.77. The Morgan fingerprint density at radius 3 is 2.33 bits per heavy atom. The predicted octanol–water partition coefficient (Wildman–Crippen LogP) is 3.26. The summed E-state index contributed by atoms with van der Waals surface area (Å²) >= 11 is 3.20. The van der Waals surface area contributed by atoms with E-state index in [1.165, 1.54) is 30.3 Å². The lowest BCUT2D eigenvalue weighted by molar-refractivity contribution is 0.0697. The summed E-state index contributed by atoms with van der Waals surface area (Å²) in [5, 5.41) is 8.95. The summed E-state index contributed by atoms with van der Waals surface area (Å²) in [6.45, 7) is 1.86. The molecule has 2 rings (SSSR count). The van der Waals surface area contributed by atoms with E-state index in [1.807, 2.05) is 6.92 Å². The summed E-state index contributed by atoms with van der Waals surface area (Å²) in [5.41, 5.74) is 1.12. The number of carboxylic acid groups (broad SMARTS) is 1. The highest BCUT2D eigenvalue weighted by Crippen LogP contribution is 2.26. The first-order valence-electron chi connectivity index (χ1n) is 5.92. The molecule has 0 heterocycles. The molecular formula is C14H12BrNO4S. The minimum atomic E-state index is -3.77. The van der Waals surface area contributed by atoms with Gasteiger partial charge >= 0.3 is 5.97 Å². The van der Waals surface area contributed by atoms with E-state index in [0.29, 0.717) is 4.47 Å². The molecule has 0 saturated heterocycles. The van der Waals surface area contributed by atoms with Crippen LogP contribution in [0.3, 0.4) is 0 Å². The summed E-state index contributed by atoms with van der Waals surface area (Å²) in [6, 6.07) is 10.5. The summed E-state index contributed by atoms with van der Waals surface area (Å²) in [6.07, 6.45) is 0. The van der Waals surface area contributed by atoms with Crippen LogP contribution >= 0.6 is 15.9 Å². The number of sulfonamides is 1. The lowest BCUT2D eigenvalue weighted by Crippen LogP contribution is -2.13. The van der Waals surface area contributed by atoms with Gasteiger partial charge < -0.3 is 5.11 Å². The minimum absolute atomic E-state index is 0.000180. The Morgan fingerprint density at radius 2 is 1.76 bits per heavy atom. The number of carboxylic acids is 1. The first-order chi connectivity index (χ1) is 9.79. The third kappa shape index (κ3) is 3.62. The van der Waals surface area contributed by atoms with Gasteiger partial charge in [0.25, 0.3) is 10.0 Å². The molecular weight excluding hydrogens is 358 g/mol. The lowest BCUT2D eigenvalue weighted by Gasteiger charge is -2.10. The lowest BCUT2D eigenvalue weighted by atomic mass is 10.2. The van der Waals surface area contributed by atoms with Gasteiger partial charge in [-0.2, -0.15) is 0 Å². The first kappa shape index (κ1) is 15.5. The van der Waals surface area contributed by atoms with E-state index in [-0.39, 0.29) is 16.1 Å². The zero-order valence-electron chi connectivity index (χ0n) is 11.0. The Balaban J connectivity index is 2.38. The van der Waals surface area contributed by atoms with Crippen LogP contribution in [0.2, 0.25) is 0 Å². The first-order valence-corrected chi connectivity index (χ1v) is 8.19. The number of carbonyl (C=O) groups is 1. The summed E-state index contributed by atoms with van der Waals surface area (Å²) < 4.78 is 27.4. The third-order valence-corrected chi connectivity index (χ3v) is 4.86. The molecule has 0 unspecified atom stereocenters. The number of hydrogen-bond acceptors (Lipinski definition) is 3. The summed E-state index contributed by atoms with van der Waals surface area (Å²) in [4.78, 5) is 11.1. The van der Waals surface area contributed by atoms with Crippen LogP contribution in [0, 0.1) is 6.92 Å². The second kappa shape index (κ2) is 5.87. The van der Waals surface area contributed by atoms with Crippen molar-refractivity contribution in [1.82, 2.24) is 0 Å². The number of aryl methyl sites for hydroxylation is 1. The molecule has 0 aliphatic carbocycles. The van der Waals surface area contributed by atoms with Crippen LogP contribution in [-0.2, 0) is 10.0 Å². The molecule has 0 spiro atoms. The van der Waals surface area contributed by atoms with Crippen molar-refractivity contribution in [3.63, 3.8) is 0 Å². The fourth-order valence-electron chi connectivity index (χ4n) is 1.66. The van der Waals surface area contributed by atoms with Gasteiger partial charge in [0.2, 0.25) is 0 Å². The number of halogens is 1. The van der Waals surface area contributed by atoms with Crippen molar-refractivity contribution in [2.24, 2.45) is 0 Å². The van der Waals surface area contributed by atoms with E-state index in [1.54, 1.807) is 12.1 Å². The highest BCUT2D eigenvalue weighted by atomic mass is 79.9. The van der Waals surface area contributed by atoms with E-state index < -0.39 is 16.0 Å². The topological polar surface area (TPSA) is 83.5 Å². The molecule has 0 saturated carbocycles. The molecule has 0 bridgehead atoms. The number of aromatic carboxylic acids is 1. The highest BCUT2D eigenvalue weighted by Gasteiger charge is 2.16. The van der Waals surface area contributed by atoms with Crippen molar-refractivity contribution in [2.45, 2.75) is 11.8 Å². The van der Waals surface area contributed by atoms with E-state index in [0.717, 1.165) is 5.56 Å². The Kier molecular flexibility index (Phi) is 4.34. The molecule has 5 nitrogen and oxygen atoms in total. The Bertz CT molecular complexity index is 785. The Morgan fingerprint density at radius 1 is 1.14 bits per heavy atom. The van der Waals surface area contributed by atoms with Crippen molar-refractivity contribution in [2.75, 3.05) is 4.72 Å². The van der Waals surface area contributed by atoms with Crippen LogP contribution in [0.5, 0.6) is 0 Å². The molecule has 0 atom stereocenters. The van der Waals surface area contributed by atoms with Crippen LogP contribution < -0.4 is 4.72 Å². The molecule has 110 valence electrons. The second-order valence-electron chi connectivity index (χ2n) is 4.42. The average Bonchev–Trinajstić information content (AvgIpc) is 2.41. The maximum Gasteiger partial charge on any atom is 0.335 e. The molecule has 0 aliphatic rings. The van der Waals surface area contributed by atoms with Crippen LogP contribution in [-0.4, -0.2) is 19.5 Å². The third-order valence-electron chi connectivity index (χ3n) is 2.79. The van der Waals surface area contributed by atoms with Crippen LogP contribution in [0.4, 0.5) is 5.69 Å². The highest BCUT2D eigenvalue weighted by molar-refractivity contribution is 9.10. The number of rotatable bonds is 4. The molecule has 0 aliphatic heterocycles. The van der Waals surface area contributed by atoms with Gasteiger partial charge in [-0.25, -0.2) is 13.2 Å². The van der Waals surface area contributed by atoms with Gasteiger partial charge in [0, 0.05) is 4.47 Å². The van der Waals surface area contributed by atoms with E-state index in [4.69, 9.17) is 5.11 Å². The van der Waals surface area contributed by atoms with E-state index >= 15 is 0 Å². The number of anilines is 1. The second-order valence-corrected chi connectivity index (χ2v) is 6.96. The van der Waals surface area contributed by atoms with Crippen molar-refractivity contribution in [3.05, 3.63) is 58.1 Å². The maximum absolute atomic E-state index is 12.3. The van der Waals surface area contributed by atoms with Gasteiger partial charge in [0.05, 0.1) is 16.1 Å². The quantitative estimate of drug-likeness (QED) is 0.866. The molecule has 0 aromatic heterocycles. The zero-order chi connectivity index (χ0) is 15.6. The molecule has 21 heavy (non-hydrogen) atoms. The standard InChI is InChI=1S/C14H12BrNO4S/c1-9-2-5-11(6-3-9)21(19,20)16-13-8-10(14(17)18)4-7-12(13)15/h2-8,16H,1H3,(H,17,18).